The van der Waals surface area contributed by atoms with Crippen molar-refractivity contribution in [2.75, 3.05) is 5.73 Å². The fourth-order valence-corrected chi connectivity index (χ4v) is 3.11. The lowest BCUT2D eigenvalue weighted by Gasteiger charge is -2.13. The summed E-state index contributed by atoms with van der Waals surface area (Å²) in [6.45, 7) is 7.10. The van der Waals surface area contributed by atoms with Gasteiger partial charge in [0.05, 0.1) is 4.90 Å². The number of hydrogen-bond acceptors (Lipinski definition) is 3. The molecule has 5 heteroatoms. The summed E-state index contributed by atoms with van der Waals surface area (Å²) in [7, 11) is -3.47. The molecule has 0 aliphatic heterocycles. The lowest BCUT2D eigenvalue weighted by Crippen LogP contribution is -2.30. The number of sulfonamides is 1. The van der Waals surface area contributed by atoms with Crippen LogP contribution >= 0.6 is 0 Å². The van der Waals surface area contributed by atoms with Gasteiger partial charge in [-0.3, -0.25) is 0 Å². The second kappa shape index (κ2) is 4.43. The van der Waals surface area contributed by atoms with Gasteiger partial charge in [0.1, 0.15) is 0 Å². The van der Waals surface area contributed by atoms with Crippen molar-refractivity contribution in [2.24, 2.45) is 0 Å². The lowest BCUT2D eigenvalue weighted by molar-refractivity contribution is 0.569. The molecule has 1 aromatic carbocycles. The molecule has 16 heavy (non-hydrogen) atoms. The van der Waals surface area contributed by atoms with Gasteiger partial charge in [0.15, 0.2) is 0 Å². The summed E-state index contributed by atoms with van der Waals surface area (Å²) in [5, 5.41) is 0. The van der Waals surface area contributed by atoms with Crippen LogP contribution in [0.2, 0.25) is 0 Å². The third-order valence-corrected chi connectivity index (χ3v) is 4.01. The molecule has 1 rings (SSSR count). The molecule has 0 fully saturated rings. The number of nitrogens with one attached hydrogen (secondary N) is 1. The topological polar surface area (TPSA) is 72.2 Å². The summed E-state index contributed by atoms with van der Waals surface area (Å²) in [5.74, 6) is 0. The summed E-state index contributed by atoms with van der Waals surface area (Å²) in [6, 6.07) is 3.27. The van der Waals surface area contributed by atoms with Crippen LogP contribution in [0, 0.1) is 13.8 Å². The molecule has 1 aromatic rings. The molecule has 0 aromatic heterocycles. The zero-order chi connectivity index (χ0) is 12.5. The van der Waals surface area contributed by atoms with Crippen LogP contribution in [0.4, 0.5) is 5.69 Å². The molecule has 0 atom stereocenters. The molecule has 0 spiro atoms. The second-order valence-corrected chi connectivity index (χ2v) is 5.94. The Balaban J connectivity index is 3.33. The monoisotopic (exact) mass is 242 g/mol. The highest BCUT2D eigenvalue weighted by Crippen LogP contribution is 2.22. The minimum atomic E-state index is -3.47. The first-order valence-corrected chi connectivity index (χ1v) is 6.61. The van der Waals surface area contributed by atoms with E-state index in [9.17, 15) is 8.42 Å². The van der Waals surface area contributed by atoms with Crippen LogP contribution in [-0.2, 0) is 10.0 Å². The normalized spacial score (nSPS) is 12.1. The Morgan fingerprint density at radius 3 is 2.31 bits per heavy atom. The number of benzene rings is 1. The molecule has 0 heterocycles. The number of nitrogen functional groups attached to an aromatic ring is 1. The Morgan fingerprint density at radius 1 is 1.25 bits per heavy atom. The Hall–Kier alpha value is -1.07. The lowest BCUT2D eigenvalue weighted by atomic mass is 10.1. The van der Waals surface area contributed by atoms with Crippen molar-refractivity contribution in [3.63, 3.8) is 0 Å². The van der Waals surface area contributed by atoms with Crippen molar-refractivity contribution < 1.29 is 8.42 Å². The van der Waals surface area contributed by atoms with E-state index in [1.54, 1.807) is 32.9 Å². The Morgan fingerprint density at radius 2 is 1.81 bits per heavy atom. The summed E-state index contributed by atoms with van der Waals surface area (Å²) < 4.78 is 26.5. The van der Waals surface area contributed by atoms with Crippen molar-refractivity contribution in [3.8, 4) is 0 Å². The highest BCUT2D eigenvalue weighted by atomic mass is 32.2. The summed E-state index contributed by atoms with van der Waals surface area (Å²) in [5.41, 5.74) is 7.70. The third kappa shape index (κ3) is 2.74. The van der Waals surface area contributed by atoms with Gasteiger partial charge in [-0.2, -0.15) is 0 Å². The molecule has 0 aliphatic carbocycles. The van der Waals surface area contributed by atoms with E-state index in [1.807, 2.05) is 6.92 Å². The Kier molecular flexibility index (Phi) is 3.60. The SMILES string of the molecule is Cc1cc(N)c(C)c(S(=O)(=O)NC(C)C)c1. The van der Waals surface area contributed by atoms with E-state index < -0.39 is 10.0 Å². The number of hydrogen-bond donors (Lipinski definition) is 2. The standard InChI is InChI=1S/C11H18N2O2S/c1-7(2)13-16(14,15)11-6-8(3)5-10(12)9(11)4/h5-7,13H,12H2,1-4H3. The van der Waals surface area contributed by atoms with Crippen molar-refractivity contribution >= 4 is 15.7 Å². The molecular weight excluding hydrogens is 224 g/mol. The molecule has 3 N–H and O–H groups in total. The quantitative estimate of drug-likeness (QED) is 0.790. The molecule has 4 nitrogen and oxygen atoms in total. The van der Waals surface area contributed by atoms with E-state index >= 15 is 0 Å². The van der Waals surface area contributed by atoms with Gasteiger partial charge in [0.2, 0.25) is 10.0 Å². The van der Waals surface area contributed by atoms with Crippen molar-refractivity contribution in [1.82, 2.24) is 4.72 Å². The number of rotatable bonds is 3. The summed E-state index contributed by atoms with van der Waals surface area (Å²) >= 11 is 0. The van der Waals surface area contributed by atoms with Gasteiger partial charge in [-0.25, -0.2) is 13.1 Å². The van der Waals surface area contributed by atoms with Gasteiger partial charge in [-0.15, -0.1) is 0 Å². The molecule has 0 bridgehead atoms. The van der Waals surface area contributed by atoms with Crippen LogP contribution in [-0.4, -0.2) is 14.5 Å². The predicted molar refractivity (Wildman–Crippen MR) is 65.8 cm³/mol. The van der Waals surface area contributed by atoms with Gasteiger partial charge in [-0.1, -0.05) is 0 Å². The van der Waals surface area contributed by atoms with Crippen LogP contribution in [0.15, 0.2) is 17.0 Å². The molecule has 0 aliphatic rings. The summed E-state index contributed by atoms with van der Waals surface area (Å²) in [4.78, 5) is 0.263. The Labute approximate surface area is 96.9 Å². The minimum absolute atomic E-state index is 0.133. The Bertz CT molecular complexity index is 493. The zero-order valence-electron chi connectivity index (χ0n) is 10.0. The van der Waals surface area contributed by atoms with E-state index in [-0.39, 0.29) is 10.9 Å². The number of anilines is 1. The van der Waals surface area contributed by atoms with Gasteiger partial charge in [-0.05, 0) is 51.0 Å². The first-order valence-electron chi connectivity index (χ1n) is 5.13. The average molecular weight is 242 g/mol. The van der Waals surface area contributed by atoms with Crippen LogP contribution in [0.5, 0.6) is 0 Å². The van der Waals surface area contributed by atoms with Crippen LogP contribution in [0.3, 0.4) is 0 Å². The van der Waals surface area contributed by atoms with Gasteiger partial charge >= 0.3 is 0 Å². The minimum Gasteiger partial charge on any atom is -0.398 e. The predicted octanol–water partition coefficient (Wildman–Crippen LogP) is 1.57. The molecule has 0 unspecified atom stereocenters. The molecule has 0 radical (unpaired) electrons. The molecule has 90 valence electrons. The molecular formula is C11H18N2O2S. The first-order chi connectivity index (χ1) is 7.24. The second-order valence-electron chi connectivity index (χ2n) is 4.25. The molecule has 0 saturated heterocycles. The highest BCUT2D eigenvalue weighted by molar-refractivity contribution is 7.89. The van der Waals surface area contributed by atoms with Crippen LogP contribution in [0.1, 0.15) is 25.0 Å². The maximum atomic E-state index is 12.0. The van der Waals surface area contributed by atoms with E-state index in [2.05, 4.69) is 4.72 Å². The first kappa shape index (κ1) is 13.0. The van der Waals surface area contributed by atoms with Crippen LogP contribution < -0.4 is 10.5 Å². The van der Waals surface area contributed by atoms with E-state index in [0.29, 0.717) is 11.3 Å². The van der Waals surface area contributed by atoms with E-state index in [1.165, 1.54) is 0 Å². The smallest absolute Gasteiger partial charge is 0.241 e. The van der Waals surface area contributed by atoms with Crippen molar-refractivity contribution in [3.05, 3.63) is 23.3 Å². The maximum Gasteiger partial charge on any atom is 0.241 e. The number of nitrogens with two attached hydrogens (primary N) is 1. The highest BCUT2D eigenvalue weighted by Gasteiger charge is 2.19. The molecule has 0 amide bonds. The molecule has 0 saturated carbocycles. The van der Waals surface area contributed by atoms with E-state index in [0.717, 1.165) is 5.56 Å². The maximum absolute atomic E-state index is 12.0. The van der Waals surface area contributed by atoms with Crippen molar-refractivity contribution in [1.29, 1.82) is 0 Å². The summed E-state index contributed by atoms with van der Waals surface area (Å²) in [6.07, 6.45) is 0. The zero-order valence-corrected chi connectivity index (χ0v) is 10.9. The van der Waals surface area contributed by atoms with Crippen LogP contribution in [0.25, 0.3) is 0 Å². The largest absolute Gasteiger partial charge is 0.398 e. The fraction of sp³-hybridized carbons (Fsp3) is 0.455. The van der Waals surface area contributed by atoms with Gasteiger partial charge in [0, 0.05) is 11.7 Å². The van der Waals surface area contributed by atoms with Crippen molar-refractivity contribution in [2.45, 2.75) is 38.6 Å². The van der Waals surface area contributed by atoms with Gasteiger partial charge in [0.25, 0.3) is 0 Å². The third-order valence-electron chi connectivity index (χ3n) is 2.22. The number of aryl methyl sites for hydroxylation is 1. The fourth-order valence-electron chi connectivity index (χ4n) is 1.51. The van der Waals surface area contributed by atoms with Gasteiger partial charge < -0.3 is 5.73 Å². The average Bonchev–Trinajstić information content (AvgIpc) is 2.08. The van der Waals surface area contributed by atoms with E-state index in [4.69, 9.17) is 5.73 Å².